The lowest BCUT2D eigenvalue weighted by Gasteiger charge is -2.22. The van der Waals surface area contributed by atoms with Crippen LogP contribution in [-0.4, -0.2) is 6.54 Å². The molecule has 0 bridgehead atoms. The summed E-state index contributed by atoms with van der Waals surface area (Å²) in [5.74, 6) is 0. The van der Waals surface area contributed by atoms with Gasteiger partial charge in [0.05, 0.1) is 0 Å². The van der Waals surface area contributed by atoms with Crippen LogP contribution in [0.1, 0.15) is 23.6 Å². The lowest BCUT2D eigenvalue weighted by Crippen LogP contribution is -2.11. The molecule has 2 nitrogen and oxygen atoms in total. The minimum absolute atomic E-state index is 0.887. The van der Waals surface area contributed by atoms with E-state index in [2.05, 4.69) is 32.2 Å². The summed E-state index contributed by atoms with van der Waals surface area (Å²) in [5.41, 5.74) is 13.1. The van der Waals surface area contributed by atoms with Crippen LogP contribution in [-0.2, 0) is 0 Å². The first-order valence-electron chi connectivity index (χ1n) is 4.92. The van der Waals surface area contributed by atoms with Gasteiger partial charge in [0.15, 0.2) is 0 Å². The van der Waals surface area contributed by atoms with Gasteiger partial charge in [0.25, 0.3) is 0 Å². The maximum Gasteiger partial charge on any atom is 0.0452 e. The van der Waals surface area contributed by atoms with Crippen molar-refractivity contribution in [3.63, 3.8) is 0 Å². The largest absolute Gasteiger partial charge is 0.398 e. The highest BCUT2D eigenvalue weighted by Crippen LogP contribution is 2.35. The van der Waals surface area contributed by atoms with Gasteiger partial charge < -0.3 is 11.1 Å². The van der Waals surface area contributed by atoms with Crippen LogP contribution in [0.2, 0.25) is 0 Å². The second-order valence-corrected chi connectivity index (χ2v) is 3.93. The van der Waals surface area contributed by atoms with E-state index in [9.17, 15) is 0 Å². The monoisotopic (exact) mass is 188 g/mol. The Morgan fingerprint density at radius 1 is 1.29 bits per heavy atom. The Labute approximate surface area is 84.8 Å². The van der Waals surface area contributed by atoms with E-state index < -0.39 is 0 Å². The molecule has 2 rings (SSSR count). The number of aryl methyl sites for hydroxylation is 1. The average Bonchev–Trinajstić information content (AvgIpc) is 2.14. The first-order chi connectivity index (χ1) is 6.61. The van der Waals surface area contributed by atoms with E-state index in [0.29, 0.717) is 0 Å². The summed E-state index contributed by atoms with van der Waals surface area (Å²) in [7, 11) is 0. The zero-order valence-corrected chi connectivity index (χ0v) is 8.94. The Morgan fingerprint density at radius 3 is 2.71 bits per heavy atom. The number of nitrogens with two attached hydrogens (primary N) is 1. The minimum atomic E-state index is 0.887. The molecule has 0 aliphatic carbocycles. The minimum Gasteiger partial charge on any atom is -0.398 e. The zero-order valence-electron chi connectivity index (χ0n) is 8.94. The Kier molecular flexibility index (Phi) is 1.99. The standard InChI is InChI=1S/C12H16N2/c1-7-4-5-14-12-8(2)6-10(13)9(3)11(7)12/h4,6,14H,5,13H2,1-3H3. The van der Waals surface area contributed by atoms with Crippen LogP contribution in [0.3, 0.4) is 0 Å². The summed E-state index contributed by atoms with van der Waals surface area (Å²) < 4.78 is 0. The number of anilines is 2. The van der Waals surface area contributed by atoms with Gasteiger partial charge in [-0.25, -0.2) is 0 Å². The van der Waals surface area contributed by atoms with E-state index in [-0.39, 0.29) is 0 Å². The molecule has 1 aliphatic rings. The number of benzene rings is 1. The highest BCUT2D eigenvalue weighted by molar-refractivity contribution is 5.85. The van der Waals surface area contributed by atoms with Gasteiger partial charge >= 0.3 is 0 Å². The van der Waals surface area contributed by atoms with Crippen molar-refractivity contribution in [2.45, 2.75) is 20.8 Å². The van der Waals surface area contributed by atoms with Gasteiger partial charge in [-0.3, -0.25) is 0 Å². The van der Waals surface area contributed by atoms with Crippen LogP contribution in [0.4, 0.5) is 11.4 Å². The smallest absolute Gasteiger partial charge is 0.0452 e. The van der Waals surface area contributed by atoms with Gasteiger partial charge in [-0.05, 0) is 43.5 Å². The quantitative estimate of drug-likeness (QED) is 0.614. The van der Waals surface area contributed by atoms with Gasteiger partial charge in [0.2, 0.25) is 0 Å². The second-order valence-electron chi connectivity index (χ2n) is 3.93. The Bertz CT molecular complexity index is 417. The van der Waals surface area contributed by atoms with E-state index in [1.54, 1.807) is 0 Å². The van der Waals surface area contributed by atoms with E-state index in [1.807, 2.05) is 6.07 Å². The van der Waals surface area contributed by atoms with Gasteiger partial charge in [-0.1, -0.05) is 6.08 Å². The number of hydrogen-bond acceptors (Lipinski definition) is 2. The SMILES string of the molecule is CC1=CCNc2c(C)cc(N)c(C)c21. The number of hydrogen-bond donors (Lipinski definition) is 2. The van der Waals surface area contributed by atoms with Crippen LogP contribution in [0.15, 0.2) is 12.1 Å². The Balaban J connectivity index is 2.76. The predicted octanol–water partition coefficient (Wildman–Crippen LogP) is 2.71. The third-order valence-electron chi connectivity index (χ3n) is 2.91. The first-order valence-corrected chi connectivity index (χ1v) is 4.92. The third-order valence-corrected chi connectivity index (χ3v) is 2.91. The van der Waals surface area contributed by atoms with Crippen molar-refractivity contribution in [3.8, 4) is 0 Å². The van der Waals surface area contributed by atoms with Crippen LogP contribution >= 0.6 is 0 Å². The number of fused-ring (bicyclic) bond motifs is 1. The predicted molar refractivity (Wildman–Crippen MR) is 62.5 cm³/mol. The molecule has 1 aromatic carbocycles. The average molecular weight is 188 g/mol. The fourth-order valence-electron chi connectivity index (χ4n) is 2.07. The molecule has 0 aromatic heterocycles. The van der Waals surface area contributed by atoms with E-state index in [1.165, 1.54) is 28.0 Å². The van der Waals surface area contributed by atoms with Crippen LogP contribution in [0.5, 0.6) is 0 Å². The van der Waals surface area contributed by atoms with Crippen molar-refractivity contribution < 1.29 is 0 Å². The summed E-state index contributed by atoms with van der Waals surface area (Å²) >= 11 is 0. The van der Waals surface area contributed by atoms with E-state index in [0.717, 1.165) is 12.2 Å². The molecular formula is C12H16N2. The molecule has 0 saturated carbocycles. The van der Waals surface area contributed by atoms with Crippen molar-refractivity contribution in [2.24, 2.45) is 0 Å². The molecule has 74 valence electrons. The molecule has 0 unspecified atom stereocenters. The molecule has 1 aromatic rings. The normalized spacial score (nSPS) is 14.4. The van der Waals surface area contributed by atoms with Crippen molar-refractivity contribution in [3.05, 3.63) is 28.8 Å². The maximum absolute atomic E-state index is 5.95. The van der Waals surface area contributed by atoms with Crippen molar-refractivity contribution in [2.75, 3.05) is 17.6 Å². The lowest BCUT2D eigenvalue weighted by atomic mass is 9.93. The van der Waals surface area contributed by atoms with E-state index in [4.69, 9.17) is 5.73 Å². The molecule has 0 radical (unpaired) electrons. The molecule has 14 heavy (non-hydrogen) atoms. The maximum atomic E-state index is 5.95. The van der Waals surface area contributed by atoms with Gasteiger partial charge in [0.1, 0.15) is 0 Å². The molecule has 1 aliphatic heterocycles. The molecule has 2 heteroatoms. The summed E-state index contributed by atoms with van der Waals surface area (Å²) in [6.07, 6.45) is 2.20. The molecule has 0 spiro atoms. The second kappa shape index (κ2) is 3.05. The summed E-state index contributed by atoms with van der Waals surface area (Å²) in [5, 5.41) is 3.40. The van der Waals surface area contributed by atoms with Crippen molar-refractivity contribution >= 4 is 16.9 Å². The highest BCUT2D eigenvalue weighted by Gasteiger charge is 2.15. The number of nitrogens with one attached hydrogen (secondary N) is 1. The van der Waals surface area contributed by atoms with Crippen LogP contribution < -0.4 is 11.1 Å². The topological polar surface area (TPSA) is 38.0 Å². The molecule has 1 heterocycles. The molecule has 3 N–H and O–H groups in total. The van der Waals surface area contributed by atoms with Gasteiger partial charge in [0, 0.05) is 23.5 Å². The third kappa shape index (κ3) is 1.18. The van der Waals surface area contributed by atoms with Crippen molar-refractivity contribution in [1.82, 2.24) is 0 Å². The van der Waals surface area contributed by atoms with Crippen LogP contribution in [0.25, 0.3) is 5.57 Å². The van der Waals surface area contributed by atoms with Gasteiger partial charge in [-0.2, -0.15) is 0 Å². The van der Waals surface area contributed by atoms with Crippen LogP contribution in [0, 0.1) is 13.8 Å². The highest BCUT2D eigenvalue weighted by atomic mass is 14.9. The Morgan fingerprint density at radius 2 is 2.00 bits per heavy atom. The number of nitrogen functional groups attached to an aromatic ring is 1. The molecule has 0 atom stereocenters. The number of rotatable bonds is 0. The first kappa shape index (κ1) is 9.13. The summed E-state index contributed by atoms with van der Waals surface area (Å²) in [6, 6.07) is 2.04. The fourth-order valence-corrected chi connectivity index (χ4v) is 2.07. The fraction of sp³-hybridized carbons (Fsp3) is 0.333. The lowest BCUT2D eigenvalue weighted by molar-refractivity contribution is 1.23. The van der Waals surface area contributed by atoms with E-state index >= 15 is 0 Å². The molecule has 0 fully saturated rings. The Hall–Kier alpha value is -1.44. The van der Waals surface area contributed by atoms with Gasteiger partial charge in [-0.15, -0.1) is 0 Å². The van der Waals surface area contributed by atoms with Crippen molar-refractivity contribution in [1.29, 1.82) is 0 Å². The molecule has 0 saturated heterocycles. The molecule has 0 amide bonds. The summed E-state index contributed by atoms with van der Waals surface area (Å²) in [4.78, 5) is 0. The number of allylic oxidation sites excluding steroid dienone is 1. The molecular weight excluding hydrogens is 172 g/mol. The zero-order chi connectivity index (χ0) is 10.3. The summed E-state index contributed by atoms with van der Waals surface area (Å²) in [6.45, 7) is 7.24.